The van der Waals surface area contributed by atoms with Gasteiger partial charge in [-0.15, -0.1) is 11.3 Å². The van der Waals surface area contributed by atoms with Gasteiger partial charge in [-0.1, -0.05) is 28.4 Å². The lowest BCUT2D eigenvalue weighted by atomic mass is 10.1. The van der Waals surface area contributed by atoms with Gasteiger partial charge in [0.05, 0.1) is 18.7 Å². The van der Waals surface area contributed by atoms with Gasteiger partial charge in [0.25, 0.3) is 0 Å². The Labute approximate surface area is 149 Å². The van der Waals surface area contributed by atoms with Gasteiger partial charge in [0.1, 0.15) is 5.01 Å². The molecule has 1 fully saturated rings. The van der Waals surface area contributed by atoms with Gasteiger partial charge in [-0.25, -0.2) is 4.98 Å². The normalized spacial score (nSPS) is 15.5. The summed E-state index contributed by atoms with van der Waals surface area (Å²) >= 11 is 5.06. The molecule has 1 amide bonds. The van der Waals surface area contributed by atoms with Crippen molar-refractivity contribution in [3.63, 3.8) is 0 Å². The molecule has 0 radical (unpaired) electrons. The van der Waals surface area contributed by atoms with E-state index in [1.807, 2.05) is 29.6 Å². The summed E-state index contributed by atoms with van der Waals surface area (Å²) in [6.45, 7) is 3.24. The SMILES string of the molecule is O=C(Cc1csc(CN2CCCCC2)n1)Nc1cccc(Br)c1. The van der Waals surface area contributed by atoms with E-state index in [2.05, 4.69) is 31.1 Å². The Morgan fingerprint density at radius 1 is 1.30 bits per heavy atom. The van der Waals surface area contributed by atoms with Crippen LogP contribution in [0.5, 0.6) is 0 Å². The average molecular weight is 394 g/mol. The molecule has 0 saturated carbocycles. The number of aromatic nitrogens is 1. The highest BCUT2D eigenvalue weighted by molar-refractivity contribution is 9.10. The second-order valence-electron chi connectivity index (χ2n) is 5.80. The first kappa shape index (κ1) is 16.6. The van der Waals surface area contributed by atoms with Crippen LogP contribution >= 0.6 is 27.3 Å². The number of carbonyl (C=O) groups is 1. The first-order chi connectivity index (χ1) is 11.2. The lowest BCUT2D eigenvalue weighted by Gasteiger charge is -2.25. The molecule has 1 aliphatic heterocycles. The van der Waals surface area contributed by atoms with Crippen LogP contribution in [0.4, 0.5) is 5.69 Å². The Morgan fingerprint density at radius 2 is 2.13 bits per heavy atom. The third kappa shape index (κ3) is 5.12. The molecule has 1 saturated heterocycles. The van der Waals surface area contributed by atoms with Crippen LogP contribution in [0.3, 0.4) is 0 Å². The number of benzene rings is 1. The number of thiazole rings is 1. The first-order valence-electron chi connectivity index (χ1n) is 7.90. The van der Waals surface area contributed by atoms with Gasteiger partial charge >= 0.3 is 0 Å². The first-order valence-corrected chi connectivity index (χ1v) is 9.57. The zero-order valence-corrected chi connectivity index (χ0v) is 15.3. The largest absolute Gasteiger partial charge is 0.326 e. The number of rotatable bonds is 5. The Morgan fingerprint density at radius 3 is 2.91 bits per heavy atom. The number of carbonyl (C=O) groups excluding carboxylic acids is 1. The zero-order valence-electron chi connectivity index (χ0n) is 12.9. The van der Waals surface area contributed by atoms with Gasteiger partial charge in [0.15, 0.2) is 0 Å². The van der Waals surface area contributed by atoms with Gasteiger partial charge in [0, 0.05) is 15.5 Å². The van der Waals surface area contributed by atoms with Crippen molar-refractivity contribution in [3.8, 4) is 0 Å². The second kappa shape index (κ2) is 8.04. The summed E-state index contributed by atoms with van der Waals surface area (Å²) in [7, 11) is 0. The summed E-state index contributed by atoms with van der Waals surface area (Å²) in [4.78, 5) is 19.2. The quantitative estimate of drug-likeness (QED) is 0.832. The maximum absolute atomic E-state index is 12.1. The summed E-state index contributed by atoms with van der Waals surface area (Å²) in [6.07, 6.45) is 4.24. The van der Waals surface area contributed by atoms with Crippen LogP contribution in [0, 0.1) is 0 Å². The highest BCUT2D eigenvalue weighted by Crippen LogP contribution is 2.18. The number of hydrogen-bond donors (Lipinski definition) is 1. The molecule has 0 spiro atoms. The Kier molecular flexibility index (Phi) is 5.80. The van der Waals surface area contributed by atoms with Gasteiger partial charge in [-0.05, 0) is 44.1 Å². The van der Waals surface area contributed by atoms with Crippen LogP contribution in [-0.4, -0.2) is 28.9 Å². The third-order valence-corrected chi connectivity index (χ3v) is 5.23. The highest BCUT2D eigenvalue weighted by Gasteiger charge is 2.13. The fourth-order valence-electron chi connectivity index (χ4n) is 2.75. The van der Waals surface area contributed by atoms with Crippen molar-refractivity contribution in [2.75, 3.05) is 18.4 Å². The minimum absolute atomic E-state index is 0.0297. The predicted octanol–water partition coefficient (Wildman–Crippen LogP) is 4.07. The van der Waals surface area contributed by atoms with Gasteiger partial charge in [0.2, 0.25) is 5.91 Å². The maximum atomic E-state index is 12.1. The predicted molar refractivity (Wildman–Crippen MR) is 97.7 cm³/mol. The number of nitrogens with one attached hydrogen (secondary N) is 1. The van der Waals surface area contributed by atoms with Crippen molar-refractivity contribution in [1.29, 1.82) is 0 Å². The molecular formula is C17H20BrN3OS. The molecule has 0 bridgehead atoms. The fourth-order valence-corrected chi connectivity index (χ4v) is 3.98. The molecule has 1 N–H and O–H groups in total. The van der Waals surface area contributed by atoms with Crippen LogP contribution < -0.4 is 5.32 Å². The van der Waals surface area contributed by atoms with E-state index in [1.165, 1.54) is 19.3 Å². The van der Waals surface area contributed by atoms with Crippen LogP contribution in [0.25, 0.3) is 0 Å². The molecule has 1 aromatic heterocycles. The topological polar surface area (TPSA) is 45.2 Å². The average Bonchev–Trinajstić information content (AvgIpc) is 2.95. The van der Waals surface area contributed by atoms with Crippen molar-refractivity contribution in [3.05, 3.63) is 44.8 Å². The van der Waals surface area contributed by atoms with Crippen molar-refractivity contribution >= 4 is 38.9 Å². The molecule has 6 heteroatoms. The molecule has 2 heterocycles. The van der Waals surface area contributed by atoms with Crippen molar-refractivity contribution in [2.24, 2.45) is 0 Å². The summed E-state index contributed by atoms with van der Waals surface area (Å²) in [5.41, 5.74) is 1.66. The number of nitrogens with zero attached hydrogens (tertiary/aromatic N) is 2. The van der Waals surface area contributed by atoms with Crippen LogP contribution in [0.1, 0.15) is 30.0 Å². The molecule has 1 aromatic carbocycles. The van der Waals surface area contributed by atoms with E-state index < -0.39 is 0 Å². The highest BCUT2D eigenvalue weighted by atomic mass is 79.9. The summed E-state index contributed by atoms with van der Waals surface area (Å²) in [5, 5.41) is 6.02. The van der Waals surface area contributed by atoms with Crippen LogP contribution in [0.2, 0.25) is 0 Å². The van der Waals surface area contributed by atoms with E-state index in [0.717, 1.165) is 40.5 Å². The molecule has 0 aliphatic carbocycles. The molecule has 0 atom stereocenters. The number of halogens is 1. The van der Waals surface area contributed by atoms with Gasteiger partial charge in [-0.3, -0.25) is 9.69 Å². The molecule has 3 rings (SSSR count). The van der Waals surface area contributed by atoms with Crippen molar-refractivity contribution in [2.45, 2.75) is 32.2 Å². The lowest BCUT2D eigenvalue weighted by Crippen LogP contribution is -2.29. The van der Waals surface area contributed by atoms with E-state index in [-0.39, 0.29) is 5.91 Å². The Balaban J connectivity index is 1.52. The standard InChI is InChI=1S/C17H20BrN3OS/c18-13-5-4-6-14(9-13)19-16(22)10-15-12-23-17(20-15)11-21-7-2-1-3-8-21/h4-6,9,12H,1-3,7-8,10-11H2,(H,19,22). The summed E-state index contributed by atoms with van der Waals surface area (Å²) in [6, 6.07) is 7.61. The van der Waals surface area contributed by atoms with E-state index in [0.29, 0.717) is 6.42 Å². The van der Waals surface area contributed by atoms with Crippen molar-refractivity contribution < 1.29 is 4.79 Å². The van der Waals surface area contributed by atoms with E-state index in [9.17, 15) is 4.79 Å². The summed E-state index contributed by atoms with van der Waals surface area (Å²) in [5.74, 6) is -0.0297. The lowest BCUT2D eigenvalue weighted by molar-refractivity contribution is -0.115. The van der Waals surface area contributed by atoms with E-state index >= 15 is 0 Å². The molecule has 0 unspecified atom stereocenters. The molecule has 2 aromatic rings. The van der Waals surface area contributed by atoms with Gasteiger partial charge < -0.3 is 5.32 Å². The van der Waals surface area contributed by atoms with Crippen LogP contribution in [-0.2, 0) is 17.8 Å². The van der Waals surface area contributed by atoms with E-state index in [4.69, 9.17) is 0 Å². The fraction of sp³-hybridized carbons (Fsp3) is 0.412. The minimum Gasteiger partial charge on any atom is -0.326 e. The second-order valence-corrected chi connectivity index (χ2v) is 7.66. The Bertz CT molecular complexity index is 667. The number of anilines is 1. The van der Waals surface area contributed by atoms with Gasteiger partial charge in [-0.2, -0.15) is 0 Å². The molecular weight excluding hydrogens is 374 g/mol. The molecule has 23 heavy (non-hydrogen) atoms. The number of likely N-dealkylation sites (tertiary alicyclic amines) is 1. The smallest absolute Gasteiger partial charge is 0.230 e. The van der Waals surface area contributed by atoms with Crippen LogP contribution in [0.15, 0.2) is 34.1 Å². The maximum Gasteiger partial charge on any atom is 0.230 e. The Hall–Kier alpha value is -1.24. The third-order valence-electron chi connectivity index (χ3n) is 3.86. The summed E-state index contributed by atoms with van der Waals surface area (Å²) < 4.78 is 0.952. The van der Waals surface area contributed by atoms with E-state index in [1.54, 1.807) is 11.3 Å². The molecule has 4 nitrogen and oxygen atoms in total. The minimum atomic E-state index is -0.0297. The zero-order chi connectivity index (χ0) is 16.1. The van der Waals surface area contributed by atoms with Crippen molar-refractivity contribution in [1.82, 2.24) is 9.88 Å². The molecule has 1 aliphatic rings. The molecule has 122 valence electrons. The number of amides is 1. The number of piperidine rings is 1. The monoisotopic (exact) mass is 393 g/mol. The number of hydrogen-bond acceptors (Lipinski definition) is 4.